The van der Waals surface area contributed by atoms with Crippen molar-refractivity contribution in [1.29, 1.82) is 0 Å². The van der Waals surface area contributed by atoms with Crippen molar-refractivity contribution in [1.82, 2.24) is 13.7 Å². The van der Waals surface area contributed by atoms with Gasteiger partial charge in [-0.15, -0.1) is 147 Å². The number of nitrogens with zero attached hydrogens (tertiary/aromatic N) is 3. The second-order valence-corrected chi connectivity index (χ2v) is 23.3. The van der Waals surface area contributed by atoms with Crippen LogP contribution in [0.1, 0.15) is 25.7 Å². The Morgan fingerprint density at radius 2 is 0.638 bits per heavy atom. The molecule has 376 valence electrons. The van der Waals surface area contributed by atoms with Crippen LogP contribution in [0.4, 0.5) is 0 Å². The van der Waals surface area contributed by atoms with Crippen molar-refractivity contribution < 1.29 is 0 Å². The van der Waals surface area contributed by atoms with Crippen LogP contribution in [0.5, 0.6) is 0 Å². The zero-order chi connectivity index (χ0) is 53.7. The summed E-state index contributed by atoms with van der Waals surface area (Å²) in [6.07, 6.45) is 38.4. The molecule has 69 heavy (non-hydrogen) atoms. The Hall–Kier alpha value is -4.88. The molecule has 0 atom stereocenters. The lowest BCUT2D eigenvalue weighted by atomic mass is 9.75. The van der Waals surface area contributed by atoms with Gasteiger partial charge in [0.05, 0.1) is 33.4 Å². The van der Waals surface area contributed by atoms with E-state index in [1.54, 1.807) is 24.3 Å². The predicted octanol–water partition coefficient (Wildman–Crippen LogP) is 16.4. The van der Waals surface area contributed by atoms with E-state index in [-0.39, 0.29) is 46.3 Å². The Morgan fingerprint density at radius 1 is 0.391 bits per heavy atom. The van der Waals surface area contributed by atoms with E-state index in [0.717, 1.165) is 57.9 Å². The fraction of sp³-hybridized carbons (Fsp3) is 0.259. The van der Waals surface area contributed by atoms with E-state index in [2.05, 4.69) is 132 Å². The first kappa shape index (κ1) is 70.7. The third-order valence-corrected chi connectivity index (χ3v) is 17.6. The summed E-state index contributed by atoms with van der Waals surface area (Å²) in [7, 11) is -0.177. The number of aromatic nitrogens is 3. The summed E-state index contributed by atoms with van der Waals surface area (Å²) < 4.78 is 4.29. The van der Waals surface area contributed by atoms with Crippen LogP contribution in [0.3, 0.4) is 0 Å². The maximum absolute atomic E-state index is 11.9. The lowest BCUT2D eigenvalue weighted by Crippen LogP contribution is -2.54. The molecular formula is C58H83N3O3P2S3. The highest BCUT2D eigenvalue weighted by Gasteiger charge is 2.25. The van der Waals surface area contributed by atoms with Crippen LogP contribution in [0.25, 0.3) is 0 Å². The SMILES string of the molecule is C=CC(C=C)(C=C)C=C.C=CC1SC(C=C)SC(C=C)S1.C=CCC(CC=C)(CC=C)CC=C.C=CCP(CC=C)CC=C.C=CCn1c(=O)n(CC=C)c(=O)n(CC=C)c1=O.C=CP(C=C)C=C. The van der Waals surface area contributed by atoms with Gasteiger partial charge >= 0.3 is 17.1 Å². The average molecular weight is 1030 g/mol. The highest BCUT2D eigenvalue weighted by Crippen LogP contribution is 2.48. The molecule has 0 bridgehead atoms. The van der Waals surface area contributed by atoms with Crippen molar-refractivity contribution in [3.8, 4) is 0 Å². The molecule has 1 aliphatic heterocycles. The maximum atomic E-state index is 11.9. The van der Waals surface area contributed by atoms with Gasteiger partial charge in [-0.25, -0.2) is 28.1 Å². The van der Waals surface area contributed by atoms with Crippen molar-refractivity contribution >= 4 is 51.1 Å². The molecule has 0 spiro atoms. The number of allylic oxidation sites excluding steroid dienone is 14. The van der Waals surface area contributed by atoms with Crippen molar-refractivity contribution in [2.45, 2.75) is 59.1 Å². The minimum Gasteiger partial charge on any atom is -0.247 e. The van der Waals surface area contributed by atoms with Crippen molar-refractivity contribution in [2.24, 2.45) is 10.8 Å². The molecule has 1 fully saturated rings. The number of rotatable bonds is 30. The average Bonchev–Trinajstić information content (AvgIpc) is 3.36. The largest absolute Gasteiger partial charge is 0.336 e. The highest BCUT2D eigenvalue weighted by atomic mass is 32.3. The van der Waals surface area contributed by atoms with Crippen LogP contribution in [-0.2, 0) is 19.6 Å². The topological polar surface area (TPSA) is 66.0 Å². The standard InChI is InChI=1S/C13H20.C12H15N3O3.C9H15P.C9H12S3.C9H12.C6H9P/c1-5-9-13(10-6-2,11-7-3)12-8-4;1-4-7-13-10(16)14(8-5-2)12(18)15(9-6-3)11(13)17;1-4-7-10(8-5-2)9-6-3;1-4-7-10-8(5-2)12-9(6-3)11-7;1-5-9(6-2,7-3)8-4;1-4-7(5-2)6-3/h5-8H,1-4,9-12H2;4-6H,1-3,7-9H2;4-6H,1-3,7-9H2;4-9H,1-3H2;5-8H,1-4H2;4-6H,1-3H2. The molecule has 0 aromatic carbocycles. The summed E-state index contributed by atoms with van der Waals surface area (Å²) >= 11 is 5.68. The summed E-state index contributed by atoms with van der Waals surface area (Å²) in [6.45, 7) is 73.6. The fourth-order valence-corrected chi connectivity index (χ4v) is 12.6. The summed E-state index contributed by atoms with van der Waals surface area (Å²) in [5.41, 5.74) is -2.03. The van der Waals surface area contributed by atoms with Gasteiger partial charge in [-0.3, -0.25) is 0 Å². The molecule has 0 saturated carbocycles. The Balaban J connectivity index is -0.000000377. The van der Waals surface area contributed by atoms with Crippen LogP contribution in [0.2, 0.25) is 0 Å². The molecule has 1 saturated heterocycles. The monoisotopic (exact) mass is 1030 g/mol. The second-order valence-electron chi connectivity index (χ2n) is 14.1. The third kappa shape index (κ3) is 29.7. The molecule has 0 radical (unpaired) electrons. The van der Waals surface area contributed by atoms with Gasteiger partial charge in [0.15, 0.2) is 0 Å². The first-order valence-corrected chi connectivity index (χ1v) is 28.1. The summed E-state index contributed by atoms with van der Waals surface area (Å²) in [5, 5.41) is 0. The normalized spacial score (nSPS) is 14.2. The second kappa shape index (κ2) is 45.6. The molecule has 2 rings (SSSR count). The minimum absolute atomic E-state index is 0.0478. The van der Waals surface area contributed by atoms with Crippen molar-refractivity contribution in [2.75, 3.05) is 18.5 Å². The lowest BCUT2D eigenvalue weighted by molar-refractivity contribution is 0.302. The van der Waals surface area contributed by atoms with Gasteiger partial charge in [-0.05, 0) is 57.5 Å². The van der Waals surface area contributed by atoms with Gasteiger partial charge in [0.25, 0.3) is 0 Å². The van der Waals surface area contributed by atoms with E-state index in [1.807, 2.05) is 113 Å². The van der Waals surface area contributed by atoms with Gasteiger partial charge in [-0.1, -0.05) is 148 Å². The van der Waals surface area contributed by atoms with E-state index < -0.39 is 17.1 Å². The summed E-state index contributed by atoms with van der Waals surface area (Å²) in [4.78, 5) is 35.8. The number of hydrogen-bond donors (Lipinski definition) is 0. The highest BCUT2D eigenvalue weighted by molar-refractivity contribution is 8.34. The molecule has 1 aromatic rings. The lowest BCUT2D eigenvalue weighted by Gasteiger charge is -2.29. The smallest absolute Gasteiger partial charge is 0.247 e. The van der Waals surface area contributed by atoms with E-state index in [4.69, 9.17) is 0 Å². The number of thioether (sulfide) groups is 3. The van der Waals surface area contributed by atoms with E-state index >= 15 is 0 Å². The fourth-order valence-electron chi connectivity index (χ4n) is 5.58. The zero-order valence-electron chi connectivity index (χ0n) is 41.7. The Morgan fingerprint density at radius 3 is 0.768 bits per heavy atom. The van der Waals surface area contributed by atoms with Crippen LogP contribution in [0, 0.1) is 10.8 Å². The Kier molecular flexibility index (Phi) is 46.7. The Bertz CT molecular complexity index is 1780. The van der Waals surface area contributed by atoms with Gasteiger partial charge < -0.3 is 0 Å². The first-order chi connectivity index (χ1) is 33.1. The molecule has 2 heterocycles. The molecular weight excluding hydrogens is 945 g/mol. The minimum atomic E-state index is -0.662. The van der Waals surface area contributed by atoms with Crippen LogP contribution in [0.15, 0.2) is 267 Å². The van der Waals surface area contributed by atoms with Crippen LogP contribution < -0.4 is 17.1 Å². The van der Waals surface area contributed by atoms with Gasteiger partial charge in [-0.2, -0.15) is 0 Å². The summed E-state index contributed by atoms with van der Waals surface area (Å²) in [6, 6.07) is 0. The van der Waals surface area contributed by atoms with Gasteiger partial charge in [0.1, 0.15) is 0 Å². The Labute approximate surface area is 434 Å². The first-order valence-electron chi connectivity index (χ1n) is 21.9. The van der Waals surface area contributed by atoms with E-state index in [1.165, 1.54) is 18.2 Å². The van der Waals surface area contributed by atoms with Gasteiger partial charge in [0.2, 0.25) is 0 Å². The van der Waals surface area contributed by atoms with Crippen molar-refractivity contribution in [3.63, 3.8) is 0 Å². The third-order valence-electron chi connectivity index (χ3n) is 9.22. The zero-order valence-corrected chi connectivity index (χ0v) is 45.9. The quantitative estimate of drug-likeness (QED) is 0.0565. The van der Waals surface area contributed by atoms with Crippen LogP contribution in [-0.4, -0.2) is 45.9 Å². The van der Waals surface area contributed by atoms with E-state index in [9.17, 15) is 14.4 Å². The summed E-state index contributed by atoms with van der Waals surface area (Å²) in [5.74, 6) is 5.57. The molecule has 11 heteroatoms. The molecule has 1 aliphatic rings. The maximum Gasteiger partial charge on any atom is 0.336 e. The molecule has 6 nitrogen and oxygen atoms in total. The number of hydrogen-bond acceptors (Lipinski definition) is 6. The predicted molar refractivity (Wildman–Crippen MR) is 329 cm³/mol. The van der Waals surface area contributed by atoms with Crippen LogP contribution >= 0.6 is 51.1 Å². The van der Waals surface area contributed by atoms with E-state index in [0.29, 0.717) is 13.7 Å². The molecule has 1 aromatic heterocycles. The molecule has 0 unspecified atom stereocenters. The van der Waals surface area contributed by atoms with Crippen molar-refractivity contribution in [3.05, 3.63) is 284 Å². The molecule has 0 N–H and O–H groups in total. The molecule has 0 aliphatic carbocycles. The molecule has 0 amide bonds. The van der Waals surface area contributed by atoms with Gasteiger partial charge in [0, 0.05) is 5.41 Å².